The minimum absolute atomic E-state index is 0.0354. The van der Waals surface area contributed by atoms with Crippen LogP contribution >= 0.6 is 11.6 Å². The van der Waals surface area contributed by atoms with Gasteiger partial charge >= 0.3 is 10.1 Å². The number of ether oxygens (including phenoxy) is 1. The van der Waals surface area contributed by atoms with Crippen LogP contribution in [0.2, 0.25) is 5.02 Å². The second kappa shape index (κ2) is 6.15. The van der Waals surface area contributed by atoms with Crippen molar-refractivity contribution in [1.82, 2.24) is 0 Å². The smallest absolute Gasteiger partial charge is 0.339 e. The van der Waals surface area contributed by atoms with Crippen LogP contribution in [-0.2, 0) is 10.1 Å². The van der Waals surface area contributed by atoms with Crippen LogP contribution in [0.1, 0.15) is 6.92 Å². The standard InChI is InChI=1S/C14H13ClO4S/c1-2-18-13-5-3-4-6-14(13)19-20(16,17)12-9-7-11(15)8-10-12/h3-10H,2H2,1H3. The quantitative estimate of drug-likeness (QED) is 0.793. The van der Waals surface area contributed by atoms with E-state index >= 15 is 0 Å². The molecule has 2 aromatic carbocycles. The molecule has 0 bridgehead atoms. The largest absolute Gasteiger partial charge is 0.490 e. The van der Waals surface area contributed by atoms with E-state index in [1.54, 1.807) is 24.3 Å². The summed E-state index contributed by atoms with van der Waals surface area (Å²) in [6.45, 7) is 2.23. The molecule has 0 saturated heterocycles. The number of hydrogen-bond donors (Lipinski definition) is 0. The maximum atomic E-state index is 12.1. The Kier molecular flexibility index (Phi) is 4.52. The molecule has 4 nitrogen and oxygen atoms in total. The number of benzene rings is 2. The lowest BCUT2D eigenvalue weighted by atomic mass is 10.3. The molecule has 0 radical (unpaired) electrons. The molecule has 20 heavy (non-hydrogen) atoms. The molecule has 0 aliphatic carbocycles. The van der Waals surface area contributed by atoms with Gasteiger partial charge in [-0.05, 0) is 43.3 Å². The van der Waals surface area contributed by atoms with Gasteiger partial charge in [-0.25, -0.2) is 0 Å². The molecule has 0 aliphatic heterocycles. The Hall–Kier alpha value is -1.72. The molecule has 0 aromatic heterocycles. The minimum atomic E-state index is -3.91. The number of para-hydroxylation sites is 2. The summed E-state index contributed by atoms with van der Waals surface area (Å²) in [5, 5.41) is 0.457. The molecule has 0 unspecified atom stereocenters. The third-order valence-corrected chi connectivity index (χ3v) is 3.95. The fourth-order valence-electron chi connectivity index (χ4n) is 1.56. The van der Waals surface area contributed by atoms with Gasteiger partial charge in [0, 0.05) is 5.02 Å². The third kappa shape index (κ3) is 3.43. The lowest BCUT2D eigenvalue weighted by molar-refractivity contribution is 0.327. The molecule has 0 fully saturated rings. The summed E-state index contributed by atoms with van der Waals surface area (Å²) in [5.74, 6) is 0.539. The zero-order valence-electron chi connectivity index (χ0n) is 10.7. The van der Waals surface area contributed by atoms with Crippen LogP contribution in [-0.4, -0.2) is 15.0 Å². The van der Waals surface area contributed by atoms with Crippen molar-refractivity contribution in [3.63, 3.8) is 0 Å². The van der Waals surface area contributed by atoms with Gasteiger partial charge in [-0.2, -0.15) is 8.42 Å². The Morgan fingerprint density at radius 3 is 2.20 bits per heavy atom. The molecule has 0 heterocycles. The van der Waals surface area contributed by atoms with Crippen molar-refractivity contribution < 1.29 is 17.3 Å². The van der Waals surface area contributed by atoms with Gasteiger partial charge in [-0.15, -0.1) is 0 Å². The van der Waals surface area contributed by atoms with Crippen LogP contribution < -0.4 is 8.92 Å². The van der Waals surface area contributed by atoms with Crippen LogP contribution in [0.15, 0.2) is 53.4 Å². The molecular formula is C14H13ClO4S. The second-order valence-corrected chi connectivity index (χ2v) is 5.85. The van der Waals surface area contributed by atoms with Gasteiger partial charge in [0.2, 0.25) is 0 Å². The molecule has 6 heteroatoms. The van der Waals surface area contributed by atoms with Gasteiger partial charge in [0.1, 0.15) is 4.90 Å². The molecule has 0 atom stereocenters. The van der Waals surface area contributed by atoms with E-state index < -0.39 is 10.1 Å². The van der Waals surface area contributed by atoms with Crippen LogP contribution in [0.5, 0.6) is 11.5 Å². The normalized spacial score (nSPS) is 11.1. The van der Waals surface area contributed by atoms with E-state index in [9.17, 15) is 8.42 Å². The van der Waals surface area contributed by atoms with Crippen LogP contribution in [0.4, 0.5) is 0 Å². The monoisotopic (exact) mass is 312 g/mol. The molecule has 2 aromatic rings. The minimum Gasteiger partial charge on any atom is -0.490 e. The summed E-state index contributed by atoms with van der Waals surface area (Å²) in [6.07, 6.45) is 0. The fourth-order valence-corrected chi connectivity index (χ4v) is 2.63. The van der Waals surface area contributed by atoms with Gasteiger partial charge in [-0.1, -0.05) is 23.7 Å². The maximum absolute atomic E-state index is 12.1. The summed E-state index contributed by atoms with van der Waals surface area (Å²) in [7, 11) is -3.91. The molecule has 2 rings (SSSR count). The van der Waals surface area contributed by atoms with E-state index in [2.05, 4.69) is 0 Å². The van der Waals surface area contributed by atoms with E-state index in [0.29, 0.717) is 17.4 Å². The van der Waals surface area contributed by atoms with Crippen molar-refractivity contribution in [1.29, 1.82) is 0 Å². The highest BCUT2D eigenvalue weighted by molar-refractivity contribution is 7.87. The SMILES string of the molecule is CCOc1ccccc1OS(=O)(=O)c1ccc(Cl)cc1. The first-order chi connectivity index (χ1) is 9.53. The fraction of sp³-hybridized carbons (Fsp3) is 0.143. The average molecular weight is 313 g/mol. The summed E-state index contributed by atoms with van der Waals surface area (Å²) in [6, 6.07) is 12.4. The lowest BCUT2D eigenvalue weighted by Crippen LogP contribution is -2.10. The first kappa shape index (κ1) is 14.7. The van der Waals surface area contributed by atoms with Crippen molar-refractivity contribution in [3.8, 4) is 11.5 Å². The molecule has 106 valence electrons. The molecule has 0 N–H and O–H groups in total. The zero-order valence-corrected chi connectivity index (χ0v) is 12.3. The van der Waals surface area contributed by atoms with Crippen molar-refractivity contribution in [2.75, 3.05) is 6.61 Å². The van der Waals surface area contributed by atoms with E-state index in [-0.39, 0.29) is 10.6 Å². The molecular weight excluding hydrogens is 300 g/mol. The van der Waals surface area contributed by atoms with E-state index in [4.69, 9.17) is 20.5 Å². The molecule has 0 aliphatic rings. The van der Waals surface area contributed by atoms with Crippen LogP contribution in [0.25, 0.3) is 0 Å². The Morgan fingerprint density at radius 1 is 1.00 bits per heavy atom. The summed E-state index contributed by atoms with van der Waals surface area (Å²) in [5.41, 5.74) is 0. The second-order valence-electron chi connectivity index (χ2n) is 3.87. The highest BCUT2D eigenvalue weighted by atomic mass is 35.5. The van der Waals surface area contributed by atoms with Crippen LogP contribution in [0.3, 0.4) is 0 Å². The van der Waals surface area contributed by atoms with E-state index in [1.165, 1.54) is 24.3 Å². The van der Waals surface area contributed by atoms with Crippen LogP contribution in [0, 0.1) is 0 Å². The first-order valence-corrected chi connectivity index (χ1v) is 7.73. The predicted octanol–water partition coefficient (Wildman–Crippen LogP) is 3.51. The highest BCUT2D eigenvalue weighted by Gasteiger charge is 2.18. The van der Waals surface area contributed by atoms with Gasteiger partial charge in [0.25, 0.3) is 0 Å². The Balaban J connectivity index is 2.31. The topological polar surface area (TPSA) is 52.6 Å². The first-order valence-electron chi connectivity index (χ1n) is 5.95. The van der Waals surface area contributed by atoms with Crippen molar-refractivity contribution >= 4 is 21.7 Å². The summed E-state index contributed by atoms with van der Waals surface area (Å²) < 4.78 is 34.7. The lowest BCUT2D eigenvalue weighted by Gasteiger charge is -2.11. The van der Waals surface area contributed by atoms with Gasteiger partial charge in [0.05, 0.1) is 6.61 Å². The predicted molar refractivity (Wildman–Crippen MR) is 76.9 cm³/mol. The third-order valence-electron chi connectivity index (χ3n) is 2.45. The van der Waals surface area contributed by atoms with Crippen molar-refractivity contribution in [2.24, 2.45) is 0 Å². The molecule has 0 amide bonds. The Bertz CT molecular complexity index is 681. The Labute approximate surface area is 123 Å². The van der Waals surface area contributed by atoms with Gasteiger partial charge in [0.15, 0.2) is 11.5 Å². The van der Waals surface area contributed by atoms with Gasteiger partial charge < -0.3 is 8.92 Å². The van der Waals surface area contributed by atoms with Gasteiger partial charge in [-0.3, -0.25) is 0 Å². The van der Waals surface area contributed by atoms with Crippen molar-refractivity contribution in [2.45, 2.75) is 11.8 Å². The van der Waals surface area contributed by atoms with E-state index in [1.807, 2.05) is 6.92 Å². The molecule has 0 spiro atoms. The molecule has 0 saturated carbocycles. The average Bonchev–Trinajstić information content (AvgIpc) is 2.41. The Morgan fingerprint density at radius 2 is 1.60 bits per heavy atom. The van der Waals surface area contributed by atoms with Crippen molar-refractivity contribution in [3.05, 3.63) is 53.6 Å². The maximum Gasteiger partial charge on any atom is 0.339 e. The number of hydrogen-bond acceptors (Lipinski definition) is 4. The summed E-state index contributed by atoms with van der Waals surface area (Å²) >= 11 is 5.73. The highest BCUT2D eigenvalue weighted by Crippen LogP contribution is 2.29. The van der Waals surface area contributed by atoms with E-state index in [0.717, 1.165) is 0 Å². The number of halogens is 1. The zero-order chi connectivity index (χ0) is 14.6. The number of rotatable bonds is 5. The summed E-state index contributed by atoms with van der Waals surface area (Å²) in [4.78, 5) is 0.0354.